The van der Waals surface area contributed by atoms with Crippen molar-refractivity contribution in [1.82, 2.24) is 10.2 Å². The maximum absolute atomic E-state index is 11.9. The number of benzene rings is 1. The summed E-state index contributed by atoms with van der Waals surface area (Å²) in [6.07, 6.45) is 0. The molecule has 0 unspecified atom stereocenters. The third-order valence-electron chi connectivity index (χ3n) is 3.12. The van der Waals surface area contributed by atoms with E-state index < -0.39 is 0 Å². The summed E-state index contributed by atoms with van der Waals surface area (Å²) >= 11 is 3.40. The van der Waals surface area contributed by atoms with E-state index in [0.717, 1.165) is 23.2 Å². The highest BCUT2D eigenvalue weighted by atomic mass is 79.9. The van der Waals surface area contributed by atoms with Crippen LogP contribution >= 0.6 is 15.9 Å². The number of fused-ring (bicyclic) bond motifs is 1. The van der Waals surface area contributed by atoms with Gasteiger partial charge in [0.2, 0.25) is 0 Å². The molecule has 0 bridgehead atoms. The van der Waals surface area contributed by atoms with Crippen LogP contribution in [0.5, 0.6) is 0 Å². The molecule has 1 aromatic carbocycles. The van der Waals surface area contributed by atoms with Gasteiger partial charge in [0.1, 0.15) is 0 Å². The molecule has 5 heteroatoms. The van der Waals surface area contributed by atoms with Crippen LogP contribution in [0, 0.1) is 0 Å². The molecule has 1 aromatic rings. The predicted octanol–water partition coefficient (Wildman–Crippen LogP) is 1.77. The molecule has 1 saturated heterocycles. The van der Waals surface area contributed by atoms with Crippen molar-refractivity contribution >= 4 is 27.6 Å². The van der Waals surface area contributed by atoms with Gasteiger partial charge in [-0.1, -0.05) is 22.0 Å². The molecule has 0 aromatic heterocycles. The van der Waals surface area contributed by atoms with E-state index in [4.69, 9.17) is 0 Å². The first-order valence-corrected chi connectivity index (χ1v) is 6.10. The monoisotopic (exact) mass is 281 g/mol. The highest BCUT2D eigenvalue weighted by molar-refractivity contribution is 9.10. The van der Waals surface area contributed by atoms with Crippen LogP contribution in [0.1, 0.15) is 5.56 Å². The molecule has 2 aliphatic rings. The first kappa shape index (κ1) is 10.1. The molecular formula is C11H12BrN3O. The Labute approximate surface area is 102 Å². The molecule has 0 aliphatic carbocycles. The predicted molar refractivity (Wildman–Crippen MR) is 65.4 cm³/mol. The largest absolute Gasteiger partial charge is 0.322 e. The maximum atomic E-state index is 11.9. The second kappa shape index (κ2) is 3.75. The van der Waals surface area contributed by atoms with Crippen molar-refractivity contribution in [2.24, 2.45) is 0 Å². The van der Waals surface area contributed by atoms with Crippen molar-refractivity contribution in [3.05, 3.63) is 28.2 Å². The van der Waals surface area contributed by atoms with E-state index in [2.05, 4.69) is 32.6 Å². The molecule has 4 nitrogen and oxygen atoms in total. The summed E-state index contributed by atoms with van der Waals surface area (Å²) in [5, 5.41) is 6.11. The summed E-state index contributed by atoms with van der Waals surface area (Å²) in [6.45, 7) is 2.51. The fraction of sp³-hybridized carbons (Fsp3) is 0.364. The third kappa shape index (κ3) is 1.60. The van der Waals surface area contributed by atoms with E-state index in [-0.39, 0.29) is 6.03 Å². The van der Waals surface area contributed by atoms with Gasteiger partial charge in [-0.2, -0.15) is 0 Å². The SMILES string of the molecule is O=C1Nc2cc(Br)ccc2CN1C1CNC1. The van der Waals surface area contributed by atoms with Gasteiger partial charge in [-0.05, 0) is 17.7 Å². The normalized spacial score (nSPS) is 20.1. The first-order valence-electron chi connectivity index (χ1n) is 5.31. The van der Waals surface area contributed by atoms with Crippen LogP contribution in [-0.2, 0) is 6.54 Å². The van der Waals surface area contributed by atoms with E-state index in [9.17, 15) is 4.79 Å². The molecule has 0 atom stereocenters. The topological polar surface area (TPSA) is 44.4 Å². The highest BCUT2D eigenvalue weighted by Gasteiger charge is 2.32. The van der Waals surface area contributed by atoms with Crippen LogP contribution < -0.4 is 10.6 Å². The molecule has 2 aliphatic heterocycles. The summed E-state index contributed by atoms with van der Waals surface area (Å²) in [6, 6.07) is 6.36. The number of halogens is 1. The smallest absolute Gasteiger partial charge is 0.315 e. The minimum Gasteiger partial charge on any atom is -0.315 e. The number of hydrogen-bond acceptors (Lipinski definition) is 2. The number of amides is 2. The van der Waals surface area contributed by atoms with Crippen molar-refractivity contribution in [3.8, 4) is 0 Å². The molecule has 0 spiro atoms. The lowest BCUT2D eigenvalue weighted by Crippen LogP contribution is -2.60. The Hall–Kier alpha value is -1.07. The Bertz CT molecular complexity index is 445. The maximum Gasteiger partial charge on any atom is 0.322 e. The van der Waals surface area contributed by atoms with Crippen molar-refractivity contribution in [1.29, 1.82) is 0 Å². The minimum atomic E-state index is 0.0112. The lowest BCUT2D eigenvalue weighted by atomic mass is 10.1. The number of urea groups is 1. The number of carbonyl (C=O) groups is 1. The molecule has 0 saturated carbocycles. The van der Waals surface area contributed by atoms with Crippen LogP contribution in [0.2, 0.25) is 0 Å². The zero-order chi connectivity index (χ0) is 11.1. The standard InChI is InChI=1S/C11H12BrN3O/c12-8-2-1-7-6-15(9-4-13-5-9)11(16)14-10(7)3-8/h1-3,9,13H,4-6H2,(H,14,16). The molecule has 16 heavy (non-hydrogen) atoms. The highest BCUT2D eigenvalue weighted by Crippen LogP contribution is 2.28. The van der Waals surface area contributed by atoms with Gasteiger partial charge >= 0.3 is 6.03 Å². The average Bonchev–Trinajstić information content (AvgIpc) is 2.16. The second-order valence-electron chi connectivity index (χ2n) is 4.17. The van der Waals surface area contributed by atoms with Crippen LogP contribution in [0.15, 0.2) is 22.7 Å². The molecular weight excluding hydrogens is 270 g/mol. The van der Waals surface area contributed by atoms with Gasteiger partial charge in [0.05, 0.1) is 6.04 Å². The fourth-order valence-electron chi connectivity index (χ4n) is 2.03. The number of hydrogen-bond donors (Lipinski definition) is 2. The first-order chi connectivity index (χ1) is 7.74. The lowest BCUT2D eigenvalue weighted by molar-refractivity contribution is 0.153. The fourth-order valence-corrected chi connectivity index (χ4v) is 2.40. The quantitative estimate of drug-likeness (QED) is 0.824. The molecule has 0 radical (unpaired) electrons. The average molecular weight is 282 g/mol. The molecule has 3 rings (SSSR count). The summed E-state index contributed by atoms with van der Waals surface area (Å²) in [7, 11) is 0. The van der Waals surface area contributed by atoms with Crippen molar-refractivity contribution in [3.63, 3.8) is 0 Å². The van der Waals surface area contributed by atoms with Crippen LogP contribution in [0.3, 0.4) is 0 Å². The van der Waals surface area contributed by atoms with Gasteiger partial charge in [-0.15, -0.1) is 0 Å². The summed E-state index contributed by atoms with van der Waals surface area (Å²) in [4.78, 5) is 13.8. The number of rotatable bonds is 1. The number of anilines is 1. The zero-order valence-corrected chi connectivity index (χ0v) is 10.3. The van der Waals surface area contributed by atoms with Gasteiger partial charge in [0.15, 0.2) is 0 Å². The van der Waals surface area contributed by atoms with E-state index in [0.29, 0.717) is 12.6 Å². The van der Waals surface area contributed by atoms with Crippen molar-refractivity contribution in [2.75, 3.05) is 18.4 Å². The molecule has 2 heterocycles. The Kier molecular flexibility index (Phi) is 2.37. The van der Waals surface area contributed by atoms with Crippen molar-refractivity contribution < 1.29 is 4.79 Å². The lowest BCUT2D eigenvalue weighted by Gasteiger charge is -2.40. The van der Waals surface area contributed by atoms with Crippen LogP contribution in [0.4, 0.5) is 10.5 Å². The van der Waals surface area contributed by atoms with Crippen molar-refractivity contribution in [2.45, 2.75) is 12.6 Å². The molecule has 2 amide bonds. The number of carbonyl (C=O) groups excluding carboxylic acids is 1. The van der Waals surface area contributed by atoms with Gasteiger partial charge in [-0.25, -0.2) is 4.79 Å². The van der Waals surface area contributed by atoms with E-state index in [1.54, 1.807) is 0 Å². The number of nitrogens with zero attached hydrogens (tertiary/aromatic N) is 1. The molecule has 1 fully saturated rings. The van der Waals surface area contributed by atoms with Crippen LogP contribution in [-0.4, -0.2) is 30.1 Å². The Balaban J connectivity index is 1.89. The van der Waals surface area contributed by atoms with Gasteiger partial charge in [-0.3, -0.25) is 0 Å². The Morgan fingerprint density at radius 1 is 1.38 bits per heavy atom. The van der Waals surface area contributed by atoms with E-state index in [1.807, 2.05) is 17.0 Å². The van der Waals surface area contributed by atoms with E-state index >= 15 is 0 Å². The van der Waals surface area contributed by atoms with Gasteiger partial charge in [0.25, 0.3) is 0 Å². The third-order valence-corrected chi connectivity index (χ3v) is 3.61. The summed E-state index contributed by atoms with van der Waals surface area (Å²) in [5.74, 6) is 0. The Morgan fingerprint density at radius 3 is 2.88 bits per heavy atom. The minimum absolute atomic E-state index is 0.0112. The van der Waals surface area contributed by atoms with Crippen LogP contribution in [0.25, 0.3) is 0 Å². The number of nitrogens with one attached hydrogen (secondary N) is 2. The molecule has 84 valence electrons. The summed E-state index contributed by atoms with van der Waals surface area (Å²) < 4.78 is 0.991. The molecule has 2 N–H and O–H groups in total. The second-order valence-corrected chi connectivity index (χ2v) is 5.09. The van der Waals surface area contributed by atoms with E-state index in [1.165, 1.54) is 5.56 Å². The van der Waals surface area contributed by atoms with Gasteiger partial charge < -0.3 is 15.5 Å². The summed E-state index contributed by atoms with van der Waals surface area (Å²) in [5.41, 5.74) is 2.10. The Morgan fingerprint density at radius 2 is 2.19 bits per heavy atom. The van der Waals surface area contributed by atoms with Gasteiger partial charge in [0, 0.05) is 29.8 Å². The zero-order valence-electron chi connectivity index (χ0n) is 8.66.